The number of aromatic amines is 1. The minimum atomic E-state index is -0.368. The van der Waals surface area contributed by atoms with Crippen molar-refractivity contribution in [3.63, 3.8) is 0 Å². The van der Waals surface area contributed by atoms with Gasteiger partial charge in [0.2, 0.25) is 0 Å². The summed E-state index contributed by atoms with van der Waals surface area (Å²) in [6.07, 6.45) is 0.406. The van der Waals surface area contributed by atoms with Crippen molar-refractivity contribution in [3.05, 3.63) is 69.5 Å². The van der Waals surface area contributed by atoms with Crippen LogP contribution in [0.3, 0.4) is 0 Å². The van der Waals surface area contributed by atoms with E-state index < -0.39 is 0 Å². The zero-order chi connectivity index (χ0) is 21.7. The first kappa shape index (κ1) is 21.4. The van der Waals surface area contributed by atoms with Crippen LogP contribution in [0.4, 0.5) is 10.5 Å². The quantitative estimate of drug-likeness (QED) is 0.556. The SMILES string of the molecule is COc1ccccc1NC(=O)N(CCCO)Cc1cc2cc(C)c(C)cc2[nH]c1=O. The molecular formula is C23H27N3O4. The summed E-state index contributed by atoms with van der Waals surface area (Å²) in [4.78, 5) is 30.0. The molecule has 2 amide bonds. The Kier molecular flexibility index (Phi) is 6.74. The zero-order valence-electron chi connectivity index (χ0n) is 17.5. The molecule has 30 heavy (non-hydrogen) atoms. The number of carbonyl (C=O) groups excluding carboxylic acids is 1. The van der Waals surface area contributed by atoms with Crippen LogP contribution in [0.2, 0.25) is 0 Å². The third kappa shape index (κ3) is 4.80. The number of hydrogen-bond acceptors (Lipinski definition) is 4. The van der Waals surface area contributed by atoms with Gasteiger partial charge in [0.05, 0.1) is 19.3 Å². The summed E-state index contributed by atoms with van der Waals surface area (Å²) in [6, 6.07) is 12.5. The number of aryl methyl sites for hydroxylation is 2. The average molecular weight is 409 g/mol. The van der Waals surface area contributed by atoms with Crippen LogP contribution in [0.1, 0.15) is 23.1 Å². The summed E-state index contributed by atoms with van der Waals surface area (Å²) in [5.41, 5.74) is 3.80. The fourth-order valence-electron chi connectivity index (χ4n) is 3.30. The fourth-order valence-corrected chi connectivity index (χ4v) is 3.30. The number of urea groups is 1. The molecule has 1 aromatic heterocycles. The smallest absolute Gasteiger partial charge is 0.322 e. The second kappa shape index (κ2) is 9.45. The number of carbonyl (C=O) groups is 1. The molecule has 0 bridgehead atoms. The number of nitrogens with zero attached hydrogens (tertiary/aromatic N) is 1. The van der Waals surface area contributed by atoms with Gasteiger partial charge in [0.1, 0.15) is 5.75 Å². The molecule has 0 unspecified atom stereocenters. The number of aromatic nitrogens is 1. The molecule has 0 aliphatic heterocycles. The number of ether oxygens (including phenoxy) is 1. The highest BCUT2D eigenvalue weighted by molar-refractivity contribution is 5.91. The number of pyridine rings is 1. The van der Waals surface area contributed by atoms with Gasteiger partial charge < -0.3 is 25.0 Å². The zero-order valence-corrected chi connectivity index (χ0v) is 17.5. The van der Waals surface area contributed by atoms with E-state index in [1.807, 2.05) is 38.1 Å². The molecular weight excluding hydrogens is 382 g/mol. The number of aliphatic hydroxyl groups excluding tert-OH is 1. The Hall–Kier alpha value is -3.32. The van der Waals surface area contributed by atoms with Crippen molar-refractivity contribution in [2.45, 2.75) is 26.8 Å². The lowest BCUT2D eigenvalue weighted by Gasteiger charge is -2.23. The van der Waals surface area contributed by atoms with Crippen LogP contribution < -0.4 is 15.6 Å². The number of anilines is 1. The third-order valence-corrected chi connectivity index (χ3v) is 5.12. The monoisotopic (exact) mass is 409 g/mol. The van der Waals surface area contributed by atoms with Gasteiger partial charge in [-0.25, -0.2) is 4.79 Å². The van der Waals surface area contributed by atoms with Crippen molar-refractivity contribution >= 4 is 22.6 Å². The number of nitrogens with one attached hydrogen (secondary N) is 2. The van der Waals surface area contributed by atoms with Gasteiger partial charge in [-0.3, -0.25) is 4.79 Å². The van der Waals surface area contributed by atoms with Crippen LogP contribution in [0.5, 0.6) is 5.75 Å². The second-order valence-corrected chi connectivity index (χ2v) is 7.28. The molecule has 3 N–H and O–H groups in total. The van der Waals surface area contributed by atoms with E-state index in [0.29, 0.717) is 30.0 Å². The standard InChI is InChI=1S/C23H27N3O4/c1-15-11-17-13-18(22(28)24-20(17)12-16(15)2)14-26(9-6-10-27)23(29)25-19-7-4-5-8-21(19)30-3/h4-5,7-8,11-13,27H,6,9-10,14H2,1-3H3,(H,24,28)(H,25,29). The van der Waals surface area contributed by atoms with E-state index in [-0.39, 0.29) is 24.7 Å². The summed E-state index contributed by atoms with van der Waals surface area (Å²) < 4.78 is 5.29. The van der Waals surface area contributed by atoms with Gasteiger partial charge in [0.15, 0.2) is 0 Å². The molecule has 7 nitrogen and oxygen atoms in total. The molecule has 158 valence electrons. The lowest BCUT2D eigenvalue weighted by molar-refractivity contribution is 0.199. The first-order valence-electron chi connectivity index (χ1n) is 9.86. The Bertz CT molecular complexity index is 1110. The molecule has 0 atom stereocenters. The van der Waals surface area contributed by atoms with Gasteiger partial charge in [-0.15, -0.1) is 0 Å². The Morgan fingerprint density at radius 3 is 2.63 bits per heavy atom. The molecule has 0 radical (unpaired) electrons. The van der Waals surface area contributed by atoms with Gasteiger partial charge in [-0.05, 0) is 67.1 Å². The van der Waals surface area contributed by atoms with Gasteiger partial charge in [-0.2, -0.15) is 0 Å². The van der Waals surface area contributed by atoms with E-state index in [2.05, 4.69) is 10.3 Å². The highest BCUT2D eigenvalue weighted by Gasteiger charge is 2.17. The Balaban J connectivity index is 1.88. The van der Waals surface area contributed by atoms with Crippen molar-refractivity contribution in [1.82, 2.24) is 9.88 Å². The number of methoxy groups -OCH3 is 1. The Morgan fingerprint density at radius 2 is 1.90 bits per heavy atom. The van der Waals surface area contributed by atoms with Crippen LogP contribution >= 0.6 is 0 Å². The molecule has 7 heteroatoms. The summed E-state index contributed by atoms with van der Waals surface area (Å²) >= 11 is 0. The number of para-hydroxylation sites is 2. The average Bonchev–Trinajstić information content (AvgIpc) is 2.73. The fraction of sp³-hybridized carbons (Fsp3) is 0.304. The largest absolute Gasteiger partial charge is 0.495 e. The van der Waals surface area contributed by atoms with E-state index in [0.717, 1.165) is 22.0 Å². The molecule has 0 saturated carbocycles. The first-order chi connectivity index (χ1) is 14.4. The summed E-state index contributed by atoms with van der Waals surface area (Å²) in [6.45, 7) is 4.40. The Labute approximate surface area is 175 Å². The number of benzene rings is 2. The van der Waals surface area contributed by atoms with E-state index in [1.165, 1.54) is 12.0 Å². The molecule has 0 saturated heterocycles. The number of rotatable bonds is 7. The van der Waals surface area contributed by atoms with Crippen LogP contribution in [-0.4, -0.2) is 41.3 Å². The van der Waals surface area contributed by atoms with E-state index in [4.69, 9.17) is 4.74 Å². The minimum absolute atomic E-state index is 0.0506. The van der Waals surface area contributed by atoms with Crippen molar-refractivity contribution < 1.29 is 14.6 Å². The third-order valence-electron chi connectivity index (χ3n) is 5.12. The van der Waals surface area contributed by atoms with Crippen molar-refractivity contribution in [1.29, 1.82) is 0 Å². The summed E-state index contributed by atoms with van der Waals surface area (Å²) in [7, 11) is 1.53. The number of H-pyrrole nitrogens is 1. The van der Waals surface area contributed by atoms with Gasteiger partial charge in [-0.1, -0.05) is 12.1 Å². The first-order valence-corrected chi connectivity index (χ1v) is 9.86. The summed E-state index contributed by atoms with van der Waals surface area (Å²) in [5.74, 6) is 0.544. The normalized spacial score (nSPS) is 10.8. The predicted molar refractivity (Wildman–Crippen MR) is 118 cm³/mol. The van der Waals surface area contributed by atoms with E-state index in [9.17, 15) is 14.7 Å². The predicted octanol–water partition coefficient (Wildman–Crippen LogP) is 3.57. The maximum absolute atomic E-state index is 12.9. The van der Waals surface area contributed by atoms with Crippen LogP contribution in [-0.2, 0) is 6.54 Å². The lowest BCUT2D eigenvalue weighted by atomic mass is 10.0. The van der Waals surface area contributed by atoms with Crippen LogP contribution in [0, 0.1) is 13.8 Å². The van der Waals surface area contributed by atoms with Crippen molar-refractivity contribution in [3.8, 4) is 5.75 Å². The Morgan fingerprint density at radius 1 is 1.17 bits per heavy atom. The highest BCUT2D eigenvalue weighted by Crippen LogP contribution is 2.24. The molecule has 3 rings (SSSR count). The van der Waals surface area contributed by atoms with Gasteiger partial charge in [0, 0.05) is 24.2 Å². The molecule has 1 heterocycles. The van der Waals surface area contributed by atoms with Gasteiger partial charge >= 0.3 is 6.03 Å². The number of amides is 2. The van der Waals surface area contributed by atoms with Crippen molar-refractivity contribution in [2.24, 2.45) is 0 Å². The maximum atomic E-state index is 12.9. The molecule has 2 aromatic carbocycles. The summed E-state index contributed by atoms with van der Waals surface area (Å²) in [5, 5.41) is 13.0. The van der Waals surface area contributed by atoms with E-state index in [1.54, 1.807) is 18.2 Å². The molecule has 0 fully saturated rings. The number of aliphatic hydroxyl groups is 1. The van der Waals surface area contributed by atoms with Crippen molar-refractivity contribution in [2.75, 3.05) is 25.6 Å². The molecule has 3 aromatic rings. The second-order valence-electron chi connectivity index (χ2n) is 7.28. The lowest BCUT2D eigenvalue weighted by Crippen LogP contribution is -2.37. The number of fused-ring (bicyclic) bond motifs is 1. The topological polar surface area (TPSA) is 94.7 Å². The molecule has 0 aliphatic rings. The number of hydrogen-bond donors (Lipinski definition) is 3. The maximum Gasteiger partial charge on any atom is 0.322 e. The molecule has 0 aliphatic carbocycles. The highest BCUT2D eigenvalue weighted by atomic mass is 16.5. The van der Waals surface area contributed by atoms with Gasteiger partial charge in [0.25, 0.3) is 5.56 Å². The van der Waals surface area contributed by atoms with E-state index >= 15 is 0 Å². The van der Waals surface area contributed by atoms with Crippen LogP contribution in [0.15, 0.2) is 47.3 Å². The van der Waals surface area contributed by atoms with Crippen LogP contribution in [0.25, 0.3) is 10.9 Å². The molecule has 0 spiro atoms. The minimum Gasteiger partial charge on any atom is -0.495 e.